The van der Waals surface area contributed by atoms with Crippen molar-refractivity contribution in [2.24, 2.45) is 0 Å². The fourth-order valence-electron chi connectivity index (χ4n) is 4.27. The summed E-state index contributed by atoms with van der Waals surface area (Å²) in [5.74, 6) is 1.42. The average Bonchev–Trinajstić information content (AvgIpc) is 2.98. The molecule has 4 aromatic rings. The number of ether oxygens (including phenoxy) is 1. The number of pyridine rings is 1. The van der Waals surface area contributed by atoms with Crippen LogP contribution in [0.3, 0.4) is 0 Å². The smallest absolute Gasteiger partial charge is 0.321 e. The highest BCUT2D eigenvalue weighted by atomic mass is 16.5. The fourth-order valence-corrected chi connectivity index (χ4v) is 4.27. The highest BCUT2D eigenvalue weighted by Gasteiger charge is 2.25. The lowest BCUT2D eigenvalue weighted by atomic mass is 10.1. The summed E-state index contributed by atoms with van der Waals surface area (Å²) in [6, 6.07) is 28.1. The number of nitrogens with one attached hydrogen (secondary N) is 1. The van der Waals surface area contributed by atoms with Crippen LogP contribution in [0.15, 0.2) is 103 Å². The Morgan fingerprint density at radius 3 is 1.97 bits per heavy atom. The summed E-state index contributed by atoms with van der Waals surface area (Å²) in [5, 5.41) is 2.93. The van der Waals surface area contributed by atoms with E-state index in [1.165, 1.54) is 0 Å². The van der Waals surface area contributed by atoms with Crippen molar-refractivity contribution in [1.29, 1.82) is 0 Å². The number of carbonyl (C=O) groups is 2. The minimum absolute atomic E-state index is 0.0304. The first kappa shape index (κ1) is 24.8. The Morgan fingerprint density at radius 2 is 1.32 bits per heavy atom. The molecule has 1 fully saturated rings. The summed E-state index contributed by atoms with van der Waals surface area (Å²) in [6.45, 7) is 1.90. The summed E-state index contributed by atoms with van der Waals surface area (Å²) < 4.78 is 5.80. The monoisotopic (exact) mass is 507 g/mol. The van der Waals surface area contributed by atoms with E-state index in [0.29, 0.717) is 43.2 Å². The Kier molecular flexibility index (Phi) is 7.49. The summed E-state index contributed by atoms with van der Waals surface area (Å²) in [4.78, 5) is 35.4. The van der Waals surface area contributed by atoms with Crippen molar-refractivity contribution in [1.82, 2.24) is 14.8 Å². The van der Waals surface area contributed by atoms with E-state index in [0.717, 1.165) is 17.1 Å². The van der Waals surface area contributed by atoms with E-state index in [9.17, 15) is 9.59 Å². The molecule has 0 aliphatic carbocycles. The van der Waals surface area contributed by atoms with Crippen molar-refractivity contribution in [2.45, 2.75) is 0 Å². The molecule has 0 bridgehead atoms. The van der Waals surface area contributed by atoms with Crippen LogP contribution in [-0.2, 0) is 0 Å². The summed E-state index contributed by atoms with van der Waals surface area (Å²) in [6.07, 6.45) is 3.50. The van der Waals surface area contributed by atoms with Gasteiger partial charge in [-0.25, -0.2) is 4.79 Å². The first-order valence-corrected chi connectivity index (χ1v) is 12.5. The number of hydrogen-bond acceptors (Lipinski definition) is 5. The largest absolute Gasteiger partial charge is 0.457 e. The topological polar surface area (TPSA) is 78.0 Å². The summed E-state index contributed by atoms with van der Waals surface area (Å²) >= 11 is 0. The van der Waals surface area contributed by atoms with Crippen LogP contribution in [0.2, 0.25) is 0 Å². The van der Waals surface area contributed by atoms with E-state index in [-0.39, 0.29) is 11.9 Å². The molecule has 1 N–H and O–H groups in total. The van der Waals surface area contributed by atoms with E-state index in [2.05, 4.69) is 10.3 Å². The van der Waals surface area contributed by atoms with E-state index in [1.807, 2.05) is 103 Å². The normalized spacial score (nSPS) is 13.1. The molecule has 8 nitrogen and oxygen atoms in total. The number of para-hydroxylation sites is 1. The predicted octanol–water partition coefficient (Wildman–Crippen LogP) is 5.63. The standard InChI is InChI=1S/C30H29N5O3/c1-33(26-15-17-31-18-16-26)25-11-7-23(8-12-25)29(36)34-19-21-35(22-20-34)30(37)32-24-9-13-28(14-10-24)38-27-5-3-2-4-6-27/h2-18H,19-22H2,1H3,(H,32,37). The maximum absolute atomic E-state index is 13.1. The van der Waals surface area contributed by atoms with Gasteiger partial charge in [-0.3, -0.25) is 9.78 Å². The Hall–Kier alpha value is -4.85. The first-order chi connectivity index (χ1) is 18.6. The van der Waals surface area contributed by atoms with Crippen LogP contribution < -0.4 is 15.0 Å². The Balaban J connectivity index is 1.11. The molecule has 0 spiro atoms. The van der Waals surface area contributed by atoms with Gasteiger partial charge in [-0.1, -0.05) is 18.2 Å². The second-order valence-corrected chi connectivity index (χ2v) is 8.96. The molecule has 0 atom stereocenters. The Bertz CT molecular complexity index is 1350. The van der Waals surface area contributed by atoms with Gasteiger partial charge in [0.15, 0.2) is 0 Å². The van der Waals surface area contributed by atoms with Gasteiger partial charge < -0.3 is 24.8 Å². The Morgan fingerprint density at radius 1 is 0.737 bits per heavy atom. The van der Waals surface area contributed by atoms with Gasteiger partial charge in [0, 0.05) is 68.2 Å². The second kappa shape index (κ2) is 11.5. The van der Waals surface area contributed by atoms with Crippen molar-refractivity contribution >= 4 is 29.0 Å². The van der Waals surface area contributed by atoms with Gasteiger partial charge in [0.1, 0.15) is 11.5 Å². The number of carbonyl (C=O) groups excluding carboxylic acids is 2. The minimum atomic E-state index is -0.183. The minimum Gasteiger partial charge on any atom is -0.457 e. The third-order valence-corrected chi connectivity index (χ3v) is 6.49. The van der Waals surface area contributed by atoms with Crippen LogP contribution in [-0.4, -0.2) is 59.9 Å². The first-order valence-electron chi connectivity index (χ1n) is 12.5. The van der Waals surface area contributed by atoms with Gasteiger partial charge in [-0.15, -0.1) is 0 Å². The number of aromatic nitrogens is 1. The lowest BCUT2D eigenvalue weighted by Crippen LogP contribution is -2.51. The average molecular weight is 508 g/mol. The molecule has 0 unspecified atom stereocenters. The lowest BCUT2D eigenvalue weighted by Gasteiger charge is -2.34. The van der Waals surface area contributed by atoms with Crippen LogP contribution in [0.25, 0.3) is 0 Å². The highest BCUT2D eigenvalue weighted by molar-refractivity contribution is 5.95. The van der Waals surface area contributed by atoms with Crippen LogP contribution in [0.1, 0.15) is 10.4 Å². The van der Waals surface area contributed by atoms with Gasteiger partial charge in [0.05, 0.1) is 0 Å². The zero-order valence-corrected chi connectivity index (χ0v) is 21.2. The highest BCUT2D eigenvalue weighted by Crippen LogP contribution is 2.24. The van der Waals surface area contributed by atoms with Crippen LogP contribution in [0, 0.1) is 0 Å². The predicted molar refractivity (Wildman–Crippen MR) is 148 cm³/mol. The molecule has 5 rings (SSSR count). The zero-order valence-electron chi connectivity index (χ0n) is 21.2. The molecule has 1 aromatic heterocycles. The zero-order chi connectivity index (χ0) is 26.3. The maximum atomic E-state index is 13.1. The van der Waals surface area contributed by atoms with Gasteiger partial charge in [-0.2, -0.15) is 0 Å². The van der Waals surface area contributed by atoms with E-state index < -0.39 is 0 Å². The maximum Gasteiger partial charge on any atom is 0.321 e. The van der Waals surface area contributed by atoms with Gasteiger partial charge in [0.2, 0.25) is 0 Å². The number of benzene rings is 3. The van der Waals surface area contributed by atoms with E-state index in [1.54, 1.807) is 22.2 Å². The number of nitrogens with zero attached hydrogens (tertiary/aromatic N) is 4. The molecule has 8 heteroatoms. The molecule has 192 valence electrons. The third-order valence-electron chi connectivity index (χ3n) is 6.49. The molecular formula is C30H29N5O3. The quantitative estimate of drug-likeness (QED) is 0.366. The number of piperazine rings is 1. The molecule has 0 radical (unpaired) electrons. The van der Waals surface area contributed by atoms with Crippen molar-refractivity contribution < 1.29 is 14.3 Å². The third kappa shape index (κ3) is 5.92. The van der Waals surface area contributed by atoms with Crippen molar-refractivity contribution in [3.05, 3.63) is 109 Å². The lowest BCUT2D eigenvalue weighted by molar-refractivity contribution is 0.0671. The Labute approximate surface area is 222 Å². The number of urea groups is 1. The van der Waals surface area contributed by atoms with E-state index >= 15 is 0 Å². The van der Waals surface area contributed by atoms with Gasteiger partial charge in [-0.05, 0) is 72.8 Å². The van der Waals surface area contributed by atoms with Crippen LogP contribution in [0.5, 0.6) is 11.5 Å². The van der Waals surface area contributed by atoms with E-state index in [4.69, 9.17) is 4.74 Å². The van der Waals surface area contributed by atoms with Crippen molar-refractivity contribution in [2.75, 3.05) is 43.4 Å². The van der Waals surface area contributed by atoms with Crippen molar-refractivity contribution in [3.8, 4) is 11.5 Å². The second-order valence-electron chi connectivity index (χ2n) is 8.96. The molecule has 3 aromatic carbocycles. The van der Waals surface area contributed by atoms with Gasteiger partial charge >= 0.3 is 6.03 Å². The molecule has 38 heavy (non-hydrogen) atoms. The van der Waals surface area contributed by atoms with Crippen molar-refractivity contribution in [3.63, 3.8) is 0 Å². The van der Waals surface area contributed by atoms with Crippen LogP contribution >= 0.6 is 0 Å². The molecule has 1 aliphatic rings. The summed E-state index contributed by atoms with van der Waals surface area (Å²) in [5.41, 5.74) is 3.32. The molecule has 3 amide bonds. The number of anilines is 3. The number of amides is 3. The molecule has 2 heterocycles. The summed E-state index contributed by atoms with van der Waals surface area (Å²) in [7, 11) is 1.98. The van der Waals surface area contributed by atoms with Crippen LogP contribution in [0.4, 0.5) is 21.9 Å². The fraction of sp³-hybridized carbons (Fsp3) is 0.167. The molecule has 1 aliphatic heterocycles. The van der Waals surface area contributed by atoms with Gasteiger partial charge in [0.25, 0.3) is 5.91 Å². The SMILES string of the molecule is CN(c1ccncc1)c1ccc(C(=O)N2CCN(C(=O)Nc3ccc(Oc4ccccc4)cc3)CC2)cc1. The number of hydrogen-bond donors (Lipinski definition) is 1. The number of rotatable bonds is 6. The molecule has 1 saturated heterocycles. The molecular weight excluding hydrogens is 478 g/mol. The molecule has 0 saturated carbocycles.